The number of nitrogens with zero attached hydrogens (tertiary/aromatic N) is 2. The van der Waals surface area contributed by atoms with Crippen LogP contribution in [0.1, 0.15) is 5.69 Å². The Kier molecular flexibility index (Phi) is 1.73. The number of nitro benzene ring substituents is 1. The van der Waals surface area contributed by atoms with Crippen LogP contribution in [0.5, 0.6) is 0 Å². The van der Waals surface area contributed by atoms with E-state index in [-0.39, 0.29) is 10.6 Å². The van der Waals surface area contributed by atoms with Gasteiger partial charge in [0, 0.05) is 11.5 Å². The van der Waals surface area contributed by atoms with E-state index in [2.05, 4.69) is 4.37 Å². The average molecular weight is 194 g/mol. The molecule has 1 aromatic carbocycles. The van der Waals surface area contributed by atoms with Crippen LogP contribution in [0.15, 0.2) is 18.2 Å². The zero-order valence-corrected chi connectivity index (χ0v) is 7.67. The van der Waals surface area contributed by atoms with E-state index in [9.17, 15) is 10.1 Å². The van der Waals surface area contributed by atoms with Crippen LogP contribution in [-0.4, -0.2) is 9.30 Å². The second kappa shape index (κ2) is 2.77. The zero-order valence-electron chi connectivity index (χ0n) is 6.85. The van der Waals surface area contributed by atoms with Crippen LogP contribution in [0.3, 0.4) is 0 Å². The van der Waals surface area contributed by atoms with Crippen molar-refractivity contribution in [2.24, 2.45) is 0 Å². The first kappa shape index (κ1) is 8.12. The third-order valence-corrected chi connectivity index (χ3v) is 2.83. The van der Waals surface area contributed by atoms with Crippen molar-refractivity contribution < 1.29 is 4.92 Å². The highest BCUT2D eigenvalue weighted by atomic mass is 32.1. The fourth-order valence-electron chi connectivity index (χ4n) is 1.21. The van der Waals surface area contributed by atoms with Gasteiger partial charge in [-0.2, -0.15) is 4.37 Å². The summed E-state index contributed by atoms with van der Waals surface area (Å²) in [5.74, 6) is 0. The molecule has 0 bridgehead atoms. The molecule has 4 nitrogen and oxygen atoms in total. The maximum Gasteiger partial charge on any atom is 0.288 e. The third kappa shape index (κ3) is 1.17. The van der Waals surface area contributed by atoms with Crippen LogP contribution in [-0.2, 0) is 0 Å². The first-order valence-corrected chi connectivity index (χ1v) is 4.47. The molecule has 0 aliphatic rings. The van der Waals surface area contributed by atoms with E-state index in [1.165, 1.54) is 17.6 Å². The van der Waals surface area contributed by atoms with Crippen molar-refractivity contribution in [2.75, 3.05) is 0 Å². The summed E-state index contributed by atoms with van der Waals surface area (Å²) < 4.78 is 4.73. The van der Waals surface area contributed by atoms with Crippen LogP contribution in [0.2, 0.25) is 0 Å². The van der Waals surface area contributed by atoms with Gasteiger partial charge < -0.3 is 0 Å². The van der Waals surface area contributed by atoms with Gasteiger partial charge in [0.15, 0.2) is 0 Å². The van der Waals surface area contributed by atoms with E-state index >= 15 is 0 Å². The molecule has 0 aliphatic heterocycles. The Morgan fingerprint density at radius 3 is 3.00 bits per heavy atom. The van der Waals surface area contributed by atoms with Crippen molar-refractivity contribution in [2.45, 2.75) is 6.92 Å². The summed E-state index contributed by atoms with van der Waals surface area (Å²) in [6.45, 7) is 1.85. The predicted molar refractivity (Wildman–Crippen MR) is 51.0 cm³/mol. The Labute approximate surface area is 78.1 Å². The lowest BCUT2D eigenvalue weighted by atomic mass is 10.2. The largest absolute Gasteiger partial charge is 0.288 e. The summed E-state index contributed by atoms with van der Waals surface area (Å²) in [5.41, 5.74) is 0.992. The molecule has 0 radical (unpaired) electrons. The molecular formula is C8H6N2O2S. The van der Waals surface area contributed by atoms with Gasteiger partial charge in [-0.25, -0.2) is 0 Å². The van der Waals surface area contributed by atoms with Crippen LogP contribution in [0.4, 0.5) is 5.69 Å². The van der Waals surface area contributed by atoms with Crippen molar-refractivity contribution in [3.8, 4) is 0 Å². The van der Waals surface area contributed by atoms with Gasteiger partial charge in [-0.05, 0) is 18.5 Å². The average Bonchev–Trinajstić information content (AvgIpc) is 2.48. The molecule has 2 aromatic rings. The predicted octanol–water partition coefficient (Wildman–Crippen LogP) is 2.51. The minimum Gasteiger partial charge on any atom is -0.258 e. The Balaban J connectivity index is 2.84. The molecule has 0 saturated carbocycles. The van der Waals surface area contributed by atoms with Gasteiger partial charge in [-0.1, -0.05) is 12.1 Å². The van der Waals surface area contributed by atoms with Gasteiger partial charge in [0.05, 0.1) is 10.6 Å². The van der Waals surface area contributed by atoms with Gasteiger partial charge in [-0.3, -0.25) is 10.1 Å². The van der Waals surface area contributed by atoms with Gasteiger partial charge in [0.25, 0.3) is 5.69 Å². The maximum atomic E-state index is 10.6. The highest BCUT2D eigenvalue weighted by molar-refractivity contribution is 7.14. The van der Waals surface area contributed by atoms with Crippen molar-refractivity contribution >= 4 is 27.3 Å². The fourth-order valence-corrected chi connectivity index (χ4v) is 2.09. The van der Waals surface area contributed by atoms with Crippen molar-refractivity contribution in [1.29, 1.82) is 0 Å². The van der Waals surface area contributed by atoms with Crippen LogP contribution in [0.25, 0.3) is 10.1 Å². The second-order valence-corrected chi connectivity index (χ2v) is 3.45. The topological polar surface area (TPSA) is 56.0 Å². The van der Waals surface area contributed by atoms with Crippen molar-refractivity contribution in [3.05, 3.63) is 34.0 Å². The van der Waals surface area contributed by atoms with E-state index in [1.807, 2.05) is 13.0 Å². The maximum absolute atomic E-state index is 10.6. The monoisotopic (exact) mass is 194 g/mol. The standard InChI is InChI=1S/C8H6N2O2S/c1-5-6-3-2-4-7(10(11)12)8(6)13-9-5/h2-4H,1H3. The summed E-state index contributed by atoms with van der Waals surface area (Å²) in [6, 6.07) is 5.03. The number of hydrogen-bond acceptors (Lipinski definition) is 4. The van der Waals surface area contributed by atoms with Gasteiger partial charge in [-0.15, -0.1) is 0 Å². The minimum absolute atomic E-state index is 0.142. The normalized spacial score (nSPS) is 10.5. The second-order valence-electron chi connectivity index (χ2n) is 2.68. The molecule has 0 saturated heterocycles. The smallest absolute Gasteiger partial charge is 0.258 e. The summed E-state index contributed by atoms with van der Waals surface area (Å²) in [5, 5.41) is 11.5. The Bertz CT molecular complexity index is 478. The van der Waals surface area contributed by atoms with E-state index in [4.69, 9.17) is 0 Å². The van der Waals surface area contributed by atoms with E-state index in [0.29, 0.717) is 4.70 Å². The SMILES string of the molecule is Cc1nsc2c([N+](=O)[O-])cccc12. The van der Waals surface area contributed by atoms with Crippen molar-refractivity contribution in [1.82, 2.24) is 4.37 Å². The number of hydrogen-bond donors (Lipinski definition) is 0. The minimum atomic E-state index is -0.375. The zero-order chi connectivity index (χ0) is 9.42. The first-order valence-electron chi connectivity index (χ1n) is 3.69. The van der Waals surface area contributed by atoms with Crippen LogP contribution < -0.4 is 0 Å². The number of fused-ring (bicyclic) bond motifs is 1. The number of aryl methyl sites for hydroxylation is 1. The molecule has 66 valence electrons. The molecule has 0 aliphatic carbocycles. The lowest BCUT2D eigenvalue weighted by Crippen LogP contribution is -1.86. The molecule has 5 heteroatoms. The van der Waals surface area contributed by atoms with Crippen molar-refractivity contribution in [3.63, 3.8) is 0 Å². The van der Waals surface area contributed by atoms with E-state index < -0.39 is 0 Å². The lowest BCUT2D eigenvalue weighted by Gasteiger charge is -1.91. The Morgan fingerprint density at radius 1 is 1.54 bits per heavy atom. The highest BCUT2D eigenvalue weighted by Crippen LogP contribution is 2.30. The molecule has 13 heavy (non-hydrogen) atoms. The number of rotatable bonds is 1. The summed E-state index contributed by atoms with van der Waals surface area (Å²) in [4.78, 5) is 10.2. The molecule has 0 N–H and O–H groups in total. The first-order chi connectivity index (χ1) is 6.20. The molecule has 1 heterocycles. The summed E-state index contributed by atoms with van der Waals surface area (Å²) in [6.07, 6.45) is 0. The van der Waals surface area contributed by atoms with Crippen LogP contribution in [0, 0.1) is 17.0 Å². The quantitative estimate of drug-likeness (QED) is 0.517. The van der Waals surface area contributed by atoms with Crippen LogP contribution >= 0.6 is 11.5 Å². The fraction of sp³-hybridized carbons (Fsp3) is 0.125. The summed E-state index contributed by atoms with van der Waals surface area (Å²) >= 11 is 1.18. The number of benzene rings is 1. The van der Waals surface area contributed by atoms with Gasteiger partial charge in [0.2, 0.25) is 0 Å². The Morgan fingerprint density at radius 2 is 2.31 bits per heavy atom. The number of non-ortho nitro benzene ring substituents is 1. The molecule has 0 atom stereocenters. The van der Waals surface area contributed by atoms with Gasteiger partial charge in [0.1, 0.15) is 4.70 Å². The van der Waals surface area contributed by atoms with Gasteiger partial charge >= 0.3 is 0 Å². The molecule has 2 rings (SSSR count). The molecule has 0 spiro atoms. The Hall–Kier alpha value is -1.49. The molecule has 0 amide bonds. The number of aromatic nitrogens is 1. The number of nitro groups is 1. The highest BCUT2D eigenvalue weighted by Gasteiger charge is 2.14. The third-order valence-electron chi connectivity index (χ3n) is 1.85. The lowest BCUT2D eigenvalue weighted by molar-refractivity contribution is -0.382. The van der Waals surface area contributed by atoms with E-state index in [0.717, 1.165) is 11.1 Å². The molecule has 0 fully saturated rings. The van der Waals surface area contributed by atoms with E-state index in [1.54, 1.807) is 6.07 Å². The summed E-state index contributed by atoms with van der Waals surface area (Å²) in [7, 11) is 0. The molecular weight excluding hydrogens is 188 g/mol. The molecule has 0 unspecified atom stereocenters. The molecule has 1 aromatic heterocycles.